The van der Waals surface area contributed by atoms with Crippen molar-refractivity contribution in [2.45, 2.75) is 71.5 Å². The highest BCUT2D eigenvalue weighted by Crippen LogP contribution is 2.40. The van der Waals surface area contributed by atoms with Crippen molar-refractivity contribution in [1.29, 1.82) is 0 Å². The van der Waals surface area contributed by atoms with Gasteiger partial charge >= 0.3 is 0 Å². The average molecular weight is 398 g/mol. The first-order valence-corrected chi connectivity index (χ1v) is 11.1. The van der Waals surface area contributed by atoms with Crippen molar-refractivity contribution in [2.75, 3.05) is 13.1 Å². The minimum Gasteiger partial charge on any atom is -0.337 e. The van der Waals surface area contributed by atoms with Crippen LogP contribution in [0.25, 0.3) is 5.65 Å². The predicted octanol–water partition coefficient (Wildman–Crippen LogP) is 2.50. The number of carbonyl (C=O) groups excluding carboxylic acids is 1. The van der Waals surface area contributed by atoms with E-state index in [2.05, 4.69) is 36.8 Å². The number of nitrogens with zero attached hydrogens (tertiary/aromatic N) is 4. The van der Waals surface area contributed by atoms with Crippen LogP contribution in [0.3, 0.4) is 0 Å². The van der Waals surface area contributed by atoms with Gasteiger partial charge in [-0.1, -0.05) is 13.3 Å². The summed E-state index contributed by atoms with van der Waals surface area (Å²) >= 11 is 0. The SMILES string of the molecule is CC(C)N1CCCC[C@H]1c1cc2nc3c(c(=O)n2[nH]1)CN(C(=O)[C@H]1C[C@@H]1C)CC3. The maximum Gasteiger partial charge on any atom is 0.277 e. The number of H-pyrrole nitrogens is 1. The first-order valence-electron chi connectivity index (χ1n) is 11.1. The molecule has 1 saturated heterocycles. The van der Waals surface area contributed by atoms with Crippen molar-refractivity contribution in [3.05, 3.63) is 33.4 Å². The minimum absolute atomic E-state index is 0.0514. The van der Waals surface area contributed by atoms with Gasteiger partial charge < -0.3 is 4.90 Å². The fourth-order valence-corrected chi connectivity index (χ4v) is 5.17. The molecule has 0 aromatic carbocycles. The number of fused-ring (bicyclic) bond motifs is 2. The third-order valence-corrected chi connectivity index (χ3v) is 7.09. The molecule has 0 bridgehead atoms. The molecule has 1 amide bonds. The second-order valence-electron chi connectivity index (χ2n) is 9.42. The lowest BCUT2D eigenvalue weighted by Gasteiger charge is -2.37. The fraction of sp³-hybridized carbons (Fsp3) is 0.682. The Hall–Kier alpha value is -2.15. The van der Waals surface area contributed by atoms with Crippen LogP contribution in [0.4, 0.5) is 0 Å². The van der Waals surface area contributed by atoms with Gasteiger partial charge in [0, 0.05) is 31.0 Å². The van der Waals surface area contributed by atoms with Gasteiger partial charge in [-0.3, -0.25) is 19.6 Å². The largest absolute Gasteiger partial charge is 0.337 e. The van der Waals surface area contributed by atoms with Gasteiger partial charge in [0.05, 0.1) is 29.5 Å². The molecule has 5 rings (SSSR count). The van der Waals surface area contributed by atoms with Crippen molar-refractivity contribution >= 4 is 11.6 Å². The summed E-state index contributed by atoms with van der Waals surface area (Å²) in [5, 5.41) is 3.35. The van der Waals surface area contributed by atoms with E-state index >= 15 is 0 Å². The van der Waals surface area contributed by atoms with E-state index in [1.807, 2.05) is 4.90 Å². The zero-order chi connectivity index (χ0) is 20.3. The molecule has 1 saturated carbocycles. The molecule has 2 aromatic rings. The number of amides is 1. The molecular formula is C22H31N5O2. The van der Waals surface area contributed by atoms with Crippen LogP contribution in [0.5, 0.6) is 0 Å². The molecule has 7 nitrogen and oxygen atoms in total. The molecule has 4 heterocycles. The van der Waals surface area contributed by atoms with Gasteiger partial charge in [0.15, 0.2) is 5.65 Å². The van der Waals surface area contributed by atoms with Crippen molar-refractivity contribution < 1.29 is 4.79 Å². The quantitative estimate of drug-likeness (QED) is 0.864. The summed E-state index contributed by atoms with van der Waals surface area (Å²) in [6.07, 6.45) is 5.17. The summed E-state index contributed by atoms with van der Waals surface area (Å²) < 4.78 is 1.59. The Morgan fingerprint density at radius 2 is 2.07 bits per heavy atom. The maximum atomic E-state index is 13.2. The van der Waals surface area contributed by atoms with Gasteiger partial charge in [-0.25, -0.2) is 9.50 Å². The van der Waals surface area contributed by atoms with Crippen LogP contribution < -0.4 is 5.56 Å². The Morgan fingerprint density at radius 3 is 2.79 bits per heavy atom. The van der Waals surface area contributed by atoms with E-state index < -0.39 is 0 Å². The molecule has 0 unspecified atom stereocenters. The van der Waals surface area contributed by atoms with Crippen LogP contribution in [0.15, 0.2) is 10.9 Å². The number of carbonyl (C=O) groups is 1. The van der Waals surface area contributed by atoms with E-state index in [9.17, 15) is 9.59 Å². The van der Waals surface area contributed by atoms with Crippen molar-refractivity contribution in [3.63, 3.8) is 0 Å². The van der Waals surface area contributed by atoms with Crippen LogP contribution in [-0.4, -0.2) is 49.4 Å². The minimum atomic E-state index is -0.0514. The van der Waals surface area contributed by atoms with E-state index in [1.165, 1.54) is 12.8 Å². The second-order valence-corrected chi connectivity index (χ2v) is 9.42. The molecule has 1 N–H and O–H groups in total. The number of rotatable bonds is 3. The zero-order valence-corrected chi connectivity index (χ0v) is 17.6. The van der Waals surface area contributed by atoms with Crippen molar-refractivity contribution in [3.8, 4) is 0 Å². The Morgan fingerprint density at radius 1 is 1.28 bits per heavy atom. The van der Waals surface area contributed by atoms with Crippen LogP contribution >= 0.6 is 0 Å². The normalized spacial score (nSPS) is 27.4. The summed E-state index contributed by atoms with van der Waals surface area (Å²) in [5.74, 6) is 0.840. The first-order chi connectivity index (χ1) is 13.9. The van der Waals surface area contributed by atoms with E-state index in [1.54, 1.807) is 4.52 Å². The van der Waals surface area contributed by atoms with Gasteiger partial charge in [0.25, 0.3) is 5.56 Å². The van der Waals surface area contributed by atoms with Gasteiger partial charge in [0.2, 0.25) is 5.91 Å². The zero-order valence-electron chi connectivity index (χ0n) is 17.6. The van der Waals surface area contributed by atoms with E-state index in [-0.39, 0.29) is 17.4 Å². The monoisotopic (exact) mass is 397 g/mol. The molecule has 0 radical (unpaired) electrons. The Balaban J connectivity index is 1.48. The Labute approximate surface area is 171 Å². The van der Waals surface area contributed by atoms with Gasteiger partial charge in [-0.15, -0.1) is 0 Å². The van der Waals surface area contributed by atoms with Gasteiger partial charge in [0.1, 0.15) is 0 Å². The number of aromatic amines is 1. The number of piperidine rings is 1. The number of aromatic nitrogens is 3. The van der Waals surface area contributed by atoms with E-state index in [0.717, 1.165) is 30.8 Å². The lowest BCUT2D eigenvalue weighted by Crippen LogP contribution is -2.41. The molecule has 3 aliphatic rings. The lowest BCUT2D eigenvalue weighted by atomic mass is 9.98. The van der Waals surface area contributed by atoms with Crippen LogP contribution in [0, 0.1) is 11.8 Å². The summed E-state index contributed by atoms with van der Waals surface area (Å²) in [7, 11) is 0. The number of nitrogens with one attached hydrogen (secondary N) is 1. The molecule has 156 valence electrons. The van der Waals surface area contributed by atoms with E-state index in [4.69, 9.17) is 4.98 Å². The summed E-state index contributed by atoms with van der Waals surface area (Å²) in [6.45, 7) is 8.73. The first kappa shape index (κ1) is 18.9. The molecule has 1 aliphatic carbocycles. The fourth-order valence-electron chi connectivity index (χ4n) is 5.17. The van der Waals surface area contributed by atoms with Crippen molar-refractivity contribution in [1.82, 2.24) is 24.4 Å². The van der Waals surface area contributed by atoms with Gasteiger partial charge in [-0.2, -0.15) is 0 Å². The van der Waals surface area contributed by atoms with Crippen LogP contribution in [-0.2, 0) is 17.8 Å². The molecule has 2 aromatic heterocycles. The summed E-state index contributed by atoms with van der Waals surface area (Å²) in [5.41, 5.74) is 3.26. The third-order valence-electron chi connectivity index (χ3n) is 7.09. The number of likely N-dealkylation sites (tertiary alicyclic amines) is 1. The van der Waals surface area contributed by atoms with Crippen LogP contribution in [0.1, 0.15) is 69.4 Å². The summed E-state index contributed by atoms with van der Waals surface area (Å²) in [4.78, 5) is 35.1. The molecule has 0 spiro atoms. The average Bonchev–Trinajstić information content (AvgIpc) is 3.29. The topological polar surface area (TPSA) is 73.7 Å². The number of hydrogen-bond acceptors (Lipinski definition) is 4. The molecular weight excluding hydrogens is 366 g/mol. The highest BCUT2D eigenvalue weighted by atomic mass is 16.2. The molecule has 2 fully saturated rings. The Kier molecular flexibility index (Phi) is 4.53. The maximum absolute atomic E-state index is 13.2. The molecule has 7 heteroatoms. The molecule has 29 heavy (non-hydrogen) atoms. The smallest absolute Gasteiger partial charge is 0.277 e. The highest BCUT2D eigenvalue weighted by Gasteiger charge is 2.42. The lowest BCUT2D eigenvalue weighted by molar-refractivity contribution is -0.133. The van der Waals surface area contributed by atoms with Crippen molar-refractivity contribution in [2.24, 2.45) is 11.8 Å². The summed E-state index contributed by atoms with van der Waals surface area (Å²) in [6, 6.07) is 2.82. The molecule has 3 atom stereocenters. The third kappa shape index (κ3) is 3.19. The molecule has 2 aliphatic heterocycles. The van der Waals surface area contributed by atoms with Gasteiger partial charge in [-0.05, 0) is 45.6 Å². The Bertz CT molecular complexity index is 1010. The van der Waals surface area contributed by atoms with E-state index in [0.29, 0.717) is 48.7 Å². The predicted molar refractivity (Wildman–Crippen MR) is 111 cm³/mol. The number of hydrogen-bond donors (Lipinski definition) is 1. The van der Waals surface area contributed by atoms with Crippen LogP contribution in [0.2, 0.25) is 0 Å². The second kappa shape index (κ2) is 6.97. The standard InChI is InChI=1S/C22H31N5O2/c1-13(2)26-8-5-4-6-19(26)18-11-20-23-17-7-9-25(21(28)15-10-14(15)3)12-16(17)22(29)27(20)24-18/h11,13-15,19,24H,4-10,12H2,1-3H3/t14-,15-,19-/m0/s1. The highest BCUT2D eigenvalue weighted by molar-refractivity contribution is 5.81.